The standard InChI is InChI=1S/C10H20O2/c1-2-7-11-8-4-3-5-10-6-9-12-10/h10H,2-9H2,1H3. The van der Waals surface area contributed by atoms with Crippen LogP contribution in [0.4, 0.5) is 0 Å². The van der Waals surface area contributed by atoms with Crippen molar-refractivity contribution in [2.45, 2.75) is 45.1 Å². The summed E-state index contributed by atoms with van der Waals surface area (Å²) >= 11 is 0. The van der Waals surface area contributed by atoms with Crippen molar-refractivity contribution in [2.75, 3.05) is 19.8 Å². The van der Waals surface area contributed by atoms with E-state index >= 15 is 0 Å². The molecule has 0 aromatic rings. The number of rotatable bonds is 7. The van der Waals surface area contributed by atoms with Crippen LogP contribution in [0.3, 0.4) is 0 Å². The first-order chi connectivity index (χ1) is 5.93. The molecule has 1 fully saturated rings. The van der Waals surface area contributed by atoms with Gasteiger partial charge in [0.1, 0.15) is 0 Å². The quantitative estimate of drug-likeness (QED) is 0.549. The summed E-state index contributed by atoms with van der Waals surface area (Å²) in [5.74, 6) is 0. The molecular formula is C10H20O2. The molecule has 1 unspecified atom stereocenters. The Hall–Kier alpha value is -0.0800. The van der Waals surface area contributed by atoms with E-state index in [9.17, 15) is 0 Å². The first kappa shape index (κ1) is 10.0. The zero-order chi connectivity index (χ0) is 8.65. The molecule has 0 aromatic heterocycles. The van der Waals surface area contributed by atoms with Gasteiger partial charge >= 0.3 is 0 Å². The van der Waals surface area contributed by atoms with Crippen molar-refractivity contribution in [3.63, 3.8) is 0 Å². The first-order valence-corrected chi connectivity index (χ1v) is 5.13. The second-order valence-corrected chi connectivity index (χ2v) is 3.39. The molecule has 1 saturated heterocycles. The molecule has 0 saturated carbocycles. The molecule has 1 aliphatic rings. The molecule has 0 radical (unpaired) electrons. The molecule has 1 rings (SSSR count). The van der Waals surface area contributed by atoms with Crippen molar-refractivity contribution in [1.82, 2.24) is 0 Å². The molecule has 0 amide bonds. The van der Waals surface area contributed by atoms with E-state index in [2.05, 4.69) is 6.92 Å². The van der Waals surface area contributed by atoms with Crippen LogP contribution in [0.25, 0.3) is 0 Å². The van der Waals surface area contributed by atoms with Crippen LogP contribution in [0.1, 0.15) is 39.0 Å². The van der Waals surface area contributed by atoms with Crippen molar-refractivity contribution in [2.24, 2.45) is 0 Å². The number of hydrogen-bond donors (Lipinski definition) is 0. The summed E-state index contributed by atoms with van der Waals surface area (Å²) in [6, 6.07) is 0. The SMILES string of the molecule is CCCOCCCCC1CCO1. The van der Waals surface area contributed by atoms with Gasteiger partial charge in [0.25, 0.3) is 0 Å². The largest absolute Gasteiger partial charge is 0.381 e. The Bertz CT molecular complexity index is 100. The summed E-state index contributed by atoms with van der Waals surface area (Å²) in [6.45, 7) is 4.97. The average Bonchev–Trinajstić information content (AvgIpc) is 2.00. The molecule has 0 bridgehead atoms. The monoisotopic (exact) mass is 172 g/mol. The van der Waals surface area contributed by atoms with Crippen LogP contribution in [0.2, 0.25) is 0 Å². The van der Waals surface area contributed by atoms with Crippen LogP contribution in [-0.4, -0.2) is 25.9 Å². The van der Waals surface area contributed by atoms with Crippen molar-refractivity contribution in [3.8, 4) is 0 Å². The topological polar surface area (TPSA) is 18.5 Å². The Kier molecular flexibility index (Phi) is 5.37. The molecule has 2 nitrogen and oxygen atoms in total. The van der Waals surface area contributed by atoms with Gasteiger partial charge in [0.2, 0.25) is 0 Å². The molecule has 1 atom stereocenters. The number of hydrogen-bond acceptors (Lipinski definition) is 2. The fourth-order valence-electron chi connectivity index (χ4n) is 1.33. The van der Waals surface area contributed by atoms with Crippen molar-refractivity contribution in [1.29, 1.82) is 0 Å². The molecule has 0 aromatic carbocycles. The van der Waals surface area contributed by atoms with E-state index < -0.39 is 0 Å². The zero-order valence-electron chi connectivity index (χ0n) is 8.05. The molecular weight excluding hydrogens is 152 g/mol. The van der Waals surface area contributed by atoms with E-state index in [0.717, 1.165) is 26.2 Å². The smallest absolute Gasteiger partial charge is 0.0597 e. The lowest BCUT2D eigenvalue weighted by atomic mass is 10.1. The van der Waals surface area contributed by atoms with Crippen LogP contribution in [0.5, 0.6) is 0 Å². The summed E-state index contributed by atoms with van der Waals surface area (Å²) < 4.78 is 10.7. The van der Waals surface area contributed by atoms with Gasteiger partial charge < -0.3 is 9.47 Å². The highest BCUT2D eigenvalue weighted by Crippen LogP contribution is 2.17. The Morgan fingerprint density at radius 3 is 2.75 bits per heavy atom. The minimum Gasteiger partial charge on any atom is -0.381 e. The fourth-order valence-corrected chi connectivity index (χ4v) is 1.33. The highest BCUT2D eigenvalue weighted by molar-refractivity contribution is 4.65. The van der Waals surface area contributed by atoms with Gasteiger partial charge in [-0.15, -0.1) is 0 Å². The second kappa shape index (κ2) is 6.44. The lowest BCUT2D eigenvalue weighted by Gasteiger charge is -2.26. The van der Waals surface area contributed by atoms with Gasteiger partial charge in [0.15, 0.2) is 0 Å². The van der Waals surface area contributed by atoms with Gasteiger partial charge in [-0.1, -0.05) is 6.92 Å². The Balaban J connectivity index is 1.70. The maximum absolute atomic E-state index is 5.38. The fraction of sp³-hybridized carbons (Fsp3) is 1.00. The van der Waals surface area contributed by atoms with Crippen LogP contribution in [0.15, 0.2) is 0 Å². The van der Waals surface area contributed by atoms with E-state index in [1.165, 1.54) is 25.7 Å². The predicted molar refractivity (Wildman–Crippen MR) is 49.3 cm³/mol. The molecule has 1 aliphatic heterocycles. The Morgan fingerprint density at radius 1 is 1.33 bits per heavy atom. The summed E-state index contributed by atoms with van der Waals surface area (Å²) in [5, 5.41) is 0. The second-order valence-electron chi connectivity index (χ2n) is 3.39. The van der Waals surface area contributed by atoms with E-state index in [1.807, 2.05) is 0 Å². The van der Waals surface area contributed by atoms with Crippen LogP contribution in [0, 0.1) is 0 Å². The third-order valence-electron chi connectivity index (χ3n) is 2.21. The van der Waals surface area contributed by atoms with Crippen LogP contribution in [-0.2, 0) is 9.47 Å². The van der Waals surface area contributed by atoms with Crippen molar-refractivity contribution in [3.05, 3.63) is 0 Å². The maximum Gasteiger partial charge on any atom is 0.0597 e. The third kappa shape index (κ3) is 4.07. The zero-order valence-corrected chi connectivity index (χ0v) is 8.05. The molecule has 0 N–H and O–H groups in total. The van der Waals surface area contributed by atoms with Crippen LogP contribution >= 0.6 is 0 Å². The maximum atomic E-state index is 5.38. The first-order valence-electron chi connectivity index (χ1n) is 5.13. The Morgan fingerprint density at radius 2 is 2.17 bits per heavy atom. The highest BCUT2D eigenvalue weighted by atomic mass is 16.5. The van der Waals surface area contributed by atoms with Gasteiger partial charge in [-0.2, -0.15) is 0 Å². The van der Waals surface area contributed by atoms with Crippen molar-refractivity contribution >= 4 is 0 Å². The predicted octanol–water partition coefficient (Wildman–Crippen LogP) is 2.37. The van der Waals surface area contributed by atoms with Gasteiger partial charge in [0, 0.05) is 19.8 Å². The molecule has 72 valence electrons. The Labute approximate surface area is 75.2 Å². The van der Waals surface area contributed by atoms with E-state index in [-0.39, 0.29) is 0 Å². The lowest BCUT2D eigenvalue weighted by molar-refractivity contribution is -0.0562. The highest BCUT2D eigenvalue weighted by Gasteiger charge is 2.16. The third-order valence-corrected chi connectivity index (χ3v) is 2.21. The minimum atomic E-state index is 0.580. The number of unbranched alkanes of at least 4 members (excludes halogenated alkanes) is 1. The summed E-state index contributed by atoms with van der Waals surface area (Å²) in [6.07, 6.45) is 6.67. The normalized spacial score (nSPS) is 22.2. The molecule has 0 spiro atoms. The minimum absolute atomic E-state index is 0.580. The molecule has 0 aliphatic carbocycles. The summed E-state index contributed by atoms with van der Waals surface area (Å²) in [4.78, 5) is 0. The van der Waals surface area contributed by atoms with Gasteiger partial charge in [0.05, 0.1) is 6.10 Å². The molecule has 2 heteroatoms. The summed E-state index contributed by atoms with van der Waals surface area (Å²) in [5.41, 5.74) is 0. The molecule has 12 heavy (non-hydrogen) atoms. The van der Waals surface area contributed by atoms with E-state index in [0.29, 0.717) is 6.10 Å². The summed E-state index contributed by atoms with van der Waals surface area (Å²) in [7, 11) is 0. The molecule has 1 heterocycles. The van der Waals surface area contributed by atoms with Crippen molar-refractivity contribution < 1.29 is 9.47 Å². The lowest BCUT2D eigenvalue weighted by Crippen LogP contribution is -2.26. The average molecular weight is 172 g/mol. The van der Waals surface area contributed by atoms with Gasteiger partial charge in [-0.05, 0) is 32.1 Å². The van der Waals surface area contributed by atoms with Gasteiger partial charge in [-0.3, -0.25) is 0 Å². The van der Waals surface area contributed by atoms with E-state index in [1.54, 1.807) is 0 Å². The number of ether oxygens (including phenoxy) is 2. The van der Waals surface area contributed by atoms with E-state index in [4.69, 9.17) is 9.47 Å². The van der Waals surface area contributed by atoms with Gasteiger partial charge in [-0.25, -0.2) is 0 Å². The van der Waals surface area contributed by atoms with Crippen LogP contribution < -0.4 is 0 Å².